The van der Waals surface area contributed by atoms with Gasteiger partial charge in [-0.3, -0.25) is 14.1 Å². The summed E-state index contributed by atoms with van der Waals surface area (Å²) >= 11 is 0. The Morgan fingerprint density at radius 3 is 1.87 bits per heavy atom. The largest absolute Gasteiger partial charge is 0.464 e. The summed E-state index contributed by atoms with van der Waals surface area (Å²) in [5.41, 5.74) is 2.16. The van der Waals surface area contributed by atoms with Crippen LogP contribution in [0.3, 0.4) is 0 Å². The Morgan fingerprint density at radius 1 is 0.933 bits per heavy atom. The Balaban J connectivity index is 1.94. The molecule has 1 saturated carbocycles. The van der Waals surface area contributed by atoms with Crippen LogP contribution in [0.4, 0.5) is 0 Å². The number of benzene rings is 1. The van der Waals surface area contributed by atoms with E-state index in [0.29, 0.717) is 48.9 Å². The van der Waals surface area contributed by atoms with E-state index in [0.717, 1.165) is 5.56 Å². The van der Waals surface area contributed by atoms with Gasteiger partial charge in [-0.1, -0.05) is 36.7 Å². The van der Waals surface area contributed by atoms with Gasteiger partial charge < -0.3 is 9.47 Å². The van der Waals surface area contributed by atoms with Crippen LogP contribution in [0.2, 0.25) is 0 Å². The van der Waals surface area contributed by atoms with Gasteiger partial charge in [0.2, 0.25) is 0 Å². The van der Waals surface area contributed by atoms with Crippen molar-refractivity contribution in [3.63, 3.8) is 0 Å². The standard InChI is InChI=1S/C19H23B3O7S/c20-9-12-7-15(10-21)17(16(8-12)11-22)29-19(24)14-3-1-13(2-4-14)18(23)28-5-6-30(25,26)27/h7-8,13-14H,1-6,9-11H2,(H,25,26,27). The maximum Gasteiger partial charge on any atom is 0.314 e. The first-order valence-corrected chi connectivity index (χ1v) is 11.4. The van der Waals surface area contributed by atoms with E-state index in [1.54, 1.807) is 12.1 Å². The highest BCUT2D eigenvalue weighted by atomic mass is 32.2. The van der Waals surface area contributed by atoms with Gasteiger partial charge in [0, 0.05) is 0 Å². The molecule has 7 nitrogen and oxygen atoms in total. The highest BCUT2D eigenvalue weighted by Gasteiger charge is 2.32. The van der Waals surface area contributed by atoms with Gasteiger partial charge in [-0.15, -0.1) is 0 Å². The molecule has 156 valence electrons. The van der Waals surface area contributed by atoms with E-state index < -0.39 is 40.3 Å². The second-order valence-corrected chi connectivity index (χ2v) is 8.85. The first-order valence-electron chi connectivity index (χ1n) is 9.76. The topological polar surface area (TPSA) is 107 Å². The van der Waals surface area contributed by atoms with Gasteiger partial charge in [-0.05, 0) is 36.8 Å². The Morgan fingerprint density at radius 2 is 1.43 bits per heavy atom. The summed E-state index contributed by atoms with van der Waals surface area (Å²) in [5, 5.41) is 0. The van der Waals surface area contributed by atoms with Gasteiger partial charge in [0.05, 0.1) is 35.4 Å². The molecular weight excluding hydrogens is 405 g/mol. The molecule has 0 saturated heterocycles. The molecule has 1 fully saturated rings. The molecule has 11 heteroatoms. The summed E-state index contributed by atoms with van der Waals surface area (Å²) in [7, 11) is 13.1. The summed E-state index contributed by atoms with van der Waals surface area (Å²) in [5.74, 6) is -2.00. The minimum Gasteiger partial charge on any atom is -0.464 e. The molecule has 0 amide bonds. The van der Waals surface area contributed by atoms with E-state index >= 15 is 0 Å². The molecule has 0 aliphatic heterocycles. The molecule has 1 aromatic rings. The lowest BCUT2D eigenvalue weighted by Gasteiger charge is -2.26. The maximum absolute atomic E-state index is 12.7. The molecule has 0 heterocycles. The van der Waals surface area contributed by atoms with Gasteiger partial charge in [-0.2, -0.15) is 8.42 Å². The molecule has 0 atom stereocenters. The fourth-order valence-corrected chi connectivity index (χ4v) is 3.79. The zero-order chi connectivity index (χ0) is 22.3. The van der Waals surface area contributed by atoms with Crippen LogP contribution < -0.4 is 4.74 Å². The minimum atomic E-state index is -4.18. The van der Waals surface area contributed by atoms with Crippen LogP contribution in [0.15, 0.2) is 12.1 Å². The minimum absolute atomic E-state index is 0.172. The van der Waals surface area contributed by atoms with Crippen LogP contribution in [0.5, 0.6) is 5.75 Å². The molecule has 0 spiro atoms. The average molecular weight is 428 g/mol. The first-order chi connectivity index (χ1) is 14.2. The lowest BCUT2D eigenvalue weighted by atomic mass is 9.82. The van der Waals surface area contributed by atoms with E-state index in [1.807, 2.05) is 0 Å². The van der Waals surface area contributed by atoms with Crippen LogP contribution in [-0.2, 0) is 43.4 Å². The summed E-state index contributed by atoms with van der Waals surface area (Å²) in [4.78, 5) is 24.7. The third-order valence-corrected chi connectivity index (χ3v) is 5.84. The van der Waals surface area contributed by atoms with E-state index in [1.165, 1.54) is 0 Å². The smallest absolute Gasteiger partial charge is 0.314 e. The van der Waals surface area contributed by atoms with Crippen molar-refractivity contribution in [1.82, 2.24) is 0 Å². The highest BCUT2D eigenvalue weighted by Crippen LogP contribution is 2.33. The van der Waals surface area contributed by atoms with E-state index in [9.17, 15) is 18.0 Å². The van der Waals surface area contributed by atoms with Crippen molar-refractivity contribution in [3.8, 4) is 5.75 Å². The summed E-state index contributed by atoms with van der Waals surface area (Å²) in [6.45, 7) is -0.401. The molecule has 1 aliphatic carbocycles. The molecule has 1 aromatic carbocycles. The van der Waals surface area contributed by atoms with Gasteiger partial charge in [0.25, 0.3) is 10.1 Å². The van der Waals surface area contributed by atoms with Crippen molar-refractivity contribution in [1.29, 1.82) is 0 Å². The summed E-state index contributed by atoms with van der Waals surface area (Å²) < 4.78 is 40.6. The Hall–Kier alpha value is -1.74. The van der Waals surface area contributed by atoms with Crippen LogP contribution in [0, 0.1) is 11.8 Å². The molecule has 1 N–H and O–H groups in total. The van der Waals surface area contributed by atoms with Crippen molar-refractivity contribution in [2.75, 3.05) is 12.4 Å². The molecule has 2 rings (SSSR count). The molecule has 0 aromatic heterocycles. The SMILES string of the molecule is [B]Cc1cc(C[B])c(OC(=O)C2CCC(C(=O)OCCS(=O)(=O)O)CC2)c(C[B])c1. The maximum atomic E-state index is 12.7. The number of esters is 2. The number of ether oxygens (including phenoxy) is 2. The van der Waals surface area contributed by atoms with E-state index in [4.69, 9.17) is 37.6 Å². The van der Waals surface area contributed by atoms with Gasteiger partial charge in [0.1, 0.15) is 18.1 Å². The summed E-state index contributed by atoms with van der Waals surface area (Å²) in [6.07, 6.45) is 2.38. The van der Waals surface area contributed by atoms with Crippen LogP contribution in [-0.4, -0.2) is 60.8 Å². The fraction of sp³-hybridized carbons (Fsp3) is 0.579. The average Bonchev–Trinajstić information content (AvgIpc) is 2.72. The van der Waals surface area contributed by atoms with Gasteiger partial charge >= 0.3 is 11.9 Å². The third-order valence-electron chi connectivity index (χ3n) is 5.16. The Bertz CT molecular complexity index is 840. The fourth-order valence-electron chi connectivity index (χ4n) is 3.49. The van der Waals surface area contributed by atoms with Crippen molar-refractivity contribution in [2.45, 2.75) is 44.6 Å². The molecule has 0 unspecified atom stereocenters. The molecular formula is C19H23B3O7S. The predicted octanol–water partition coefficient (Wildman–Crippen LogP) is 0.835. The van der Waals surface area contributed by atoms with Crippen molar-refractivity contribution < 1.29 is 32.0 Å². The van der Waals surface area contributed by atoms with Gasteiger partial charge in [0.15, 0.2) is 0 Å². The Kier molecular flexibility index (Phi) is 9.03. The van der Waals surface area contributed by atoms with Crippen molar-refractivity contribution in [2.24, 2.45) is 11.8 Å². The molecule has 1 aliphatic rings. The highest BCUT2D eigenvalue weighted by molar-refractivity contribution is 7.85. The third kappa shape index (κ3) is 6.91. The zero-order valence-corrected chi connectivity index (χ0v) is 17.5. The van der Waals surface area contributed by atoms with Crippen molar-refractivity contribution >= 4 is 45.6 Å². The van der Waals surface area contributed by atoms with Gasteiger partial charge in [-0.25, -0.2) is 0 Å². The molecule has 6 radical (unpaired) electrons. The normalized spacial score (nSPS) is 19.2. The predicted molar refractivity (Wildman–Crippen MR) is 113 cm³/mol. The van der Waals surface area contributed by atoms with E-state index in [2.05, 4.69) is 0 Å². The number of hydrogen-bond acceptors (Lipinski definition) is 6. The van der Waals surface area contributed by atoms with E-state index in [-0.39, 0.29) is 18.6 Å². The van der Waals surface area contributed by atoms with Crippen LogP contribution in [0.25, 0.3) is 0 Å². The first kappa shape index (κ1) is 24.5. The monoisotopic (exact) mass is 428 g/mol. The lowest BCUT2D eigenvalue weighted by Crippen LogP contribution is -2.30. The number of hydrogen-bond donors (Lipinski definition) is 1. The number of carbonyl (C=O) groups is 2. The van der Waals surface area contributed by atoms with Crippen molar-refractivity contribution in [3.05, 3.63) is 28.8 Å². The van der Waals surface area contributed by atoms with Crippen LogP contribution in [0.1, 0.15) is 42.4 Å². The number of rotatable bonds is 9. The van der Waals surface area contributed by atoms with Crippen LogP contribution >= 0.6 is 0 Å². The second-order valence-electron chi connectivity index (χ2n) is 7.28. The molecule has 0 bridgehead atoms. The second kappa shape index (κ2) is 11.0. The number of carbonyl (C=O) groups excluding carboxylic acids is 2. The zero-order valence-electron chi connectivity index (χ0n) is 16.7. The lowest BCUT2D eigenvalue weighted by molar-refractivity contribution is -0.151. The molecule has 30 heavy (non-hydrogen) atoms. The Labute approximate surface area is 181 Å². The quantitative estimate of drug-likeness (QED) is 0.269. The summed E-state index contributed by atoms with van der Waals surface area (Å²) in [6, 6.07) is 3.59.